The van der Waals surface area contributed by atoms with E-state index in [4.69, 9.17) is 16.3 Å². The minimum absolute atomic E-state index is 0.0385. The lowest BCUT2D eigenvalue weighted by atomic mass is 9.72. The van der Waals surface area contributed by atoms with Crippen LogP contribution in [0, 0.1) is 18.8 Å². The van der Waals surface area contributed by atoms with Gasteiger partial charge >= 0.3 is 6.09 Å². The molecule has 1 aliphatic heterocycles. The van der Waals surface area contributed by atoms with Crippen molar-refractivity contribution in [3.8, 4) is 0 Å². The molecule has 1 saturated carbocycles. The zero-order valence-electron chi connectivity index (χ0n) is 24.0. The highest BCUT2D eigenvalue weighted by molar-refractivity contribution is 6.31. The van der Waals surface area contributed by atoms with Crippen LogP contribution in [0.3, 0.4) is 0 Å². The molecule has 218 valence electrons. The number of halogens is 1. The van der Waals surface area contributed by atoms with Gasteiger partial charge in [-0.25, -0.2) is 4.79 Å². The second-order valence-electron chi connectivity index (χ2n) is 11.5. The number of piperidine rings is 1. The van der Waals surface area contributed by atoms with Gasteiger partial charge in [0, 0.05) is 42.5 Å². The number of likely N-dealkylation sites (tertiary alicyclic amines) is 1. The summed E-state index contributed by atoms with van der Waals surface area (Å²) in [5.41, 5.74) is 2.81. The van der Waals surface area contributed by atoms with Crippen molar-refractivity contribution in [3.63, 3.8) is 0 Å². The smallest absolute Gasteiger partial charge is 0.406 e. The molecule has 0 aromatic heterocycles. The van der Waals surface area contributed by atoms with E-state index < -0.39 is 11.7 Å². The minimum Gasteiger partial charge on any atom is -0.453 e. The number of aryl methyl sites for hydroxylation is 1. The van der Waals surface area contributed by atoms with Crippen LogP contribution < -0.4 is 10.6 Å². The van der Waals surface area contributed by atoms with Gasteiger partial charge in [0.15, 0.2) is 0 Å². The largest absolute Gasteiger partial charge is 0.453 e. The first-order valence-corrected chi connectivity index (χ1v) is 15.0. The summed E-state index contributed by atoms with van der Waals surface area (Å²) >= 11 is 6.82. The van der Waals surface area contributed by atoms with Crippen molar-refractivity contribution in [1.29, 1.82) is 0 Å². The number of amides is 2. The number of nitrogens with one attached hydrogen (secondary N) is 2. The fourth-order valence-corrected chi connectivity index (χ4v) is 6.88. The van der Waals surface area contributed by atoms with E-state index in [0.717, 1.165) is 55.3 Å². The van der Waals surface area contributed by atoms with Crippen molar-refractivity contribution in [3.05, 3.63) is 69.7 Å². The average Bonchev–Trinajstić information content (AvgIpc) is 3.45. The molecular weight excluding hydrogens is 526 g/mol. The molecule has 4 atom stereocenters. The highest BCUT2D eigenvalue weighted by Gasteiger charge is 2.44. The normalized spacial score (nSPS) is 22.5. The Morgan fingerprint density at radius 2 is 1.98 bits per heavy atom. The predicted molar refractivity (Wildman–Crippen MR) is 158 cm³/mol. The average molecular weight is 570 g/mol. The number of aliphatic hydroxyl groups is 1. The Morgan fingerprint density at radius 3 is 2.70 bits per heavy atom. The van der Waals surface area contributed by atoms with E-state index in [0.29, 0.717) is 43.4 Å². The number of rotatable bonds is 10. The molecule has 2 aromatic rings. The topological polar surface area (TPSA) is 90.9 Å². The number of carbonyl (C=O) groups is 2. The molecule has 2 aliphatic rings. The predicted octanol–water partition coefficient (Wildman–Crippen LogP) is 5.19. The number of methoxy groups -OCH3 is 1. The van der Waals surface area contributed by atoms with Gasteiger partial charge in [-0.3, -0.25) is 4.79 Å². The first-order chi connectivity index (χ1) is 19.2. The Balaban J connectivity index is 1.63. The molecule has 1 unspecified atom stereocenters. The second-order valence-corrected chi connectivity index (χ2v) is 11.9. The van der Waals surface area contributed by atoms with Crippen LogP contribution in [0.15, 0.2) is 42.5 Å². The van der Waals surface area contributed by atoms with Gasteiger partial charge in [-0.2, -0.15) is 0 Å². The van der Waals surface area contributed by atoms with Gasteiger partial charge in [-0.15, -0.1) is 0 Å². The van der Waals surface area contributed by atoms with Crippen LogP contribution in [0.5, 0.6) is 0 Å². The van der Waals surface area contributed by atoms with Crippen LogP contribution in [0.25, 0.3) is 0 Å². The molecule has 8 heteroatoms. The van der Waals surface area contributed by atoms with Crippen molar-refractivity contribution in [2.75, 3.05) is 33.8 Å². The van der Waals surface area contributed by atoms with E-state index in [1.165, 1.54) is 12.7 Å². The SMILES string of the molecule is CN[C@H]1CC[C@@H](C(=O)N2CCC[C@@H](C(O)(CCCNC(=O)OC)c3cccc(Cl)c3Cc3cccc(C)c3)C2)C1. The molecule has 40 heavy (non-hydrogen) atoms. The molecule has 2 fully saturated rings. The molecule has 0 spiro atoms. The van der Waals surface area contributed by atoms with Crippen LogP contribution in [0.4, 0.5) is 4.79 Å². The fraction of sp³-hybridized carbons (Fsp3) is 0.562. The van der Waals surface area contributed by atoms with Gasteiger partial charge in [-0.1, -0.05) is 53.6 Å². The Labute approximate surface area is 243 Å². The van der Waals surface area contributed by atoms with E-state index >= 15 is 0 Å². The summed E-state index contributed by atoms with van der Waals surface area (Å²) < 4.78 is 4.72. The molecule has 1 heterocycles. The monoisotopic (exact) mass is 569 g/mol. The summed E-state index contributed by atoms with van der Waals surface area (Å²) in [7, 11) is 3.30. The molecular formula is C32H44ClN3O4. The second kappa shape index (κ2) is 13.8. The van der Waals surface area contributed by atoms with Gasteiger partial charge in [-0.05, 0) is 88.1 Å². The Bertz CT molecular complexity index is 1170. The summed E-state index contributed by atoms with van der Waals surface area (Å²) in [6, 6.07) is 14.5. The summed E-state index contributed by atoms with van der Waals surface area (Å²) in [6.45, 7) is 3.68. The Hall–Kier alpha value is -2.61. The number of nitrogens with zero attached hydrogens (tertiary/aromatic N) is 1. The molecule has 0 radical (unpaired) electrons. The number of benzene rings is 2. The first-order valence-electron chi connectivity index (χ1n) is 14.6. The van der Waals surface area contributed by atoms with Crippen molar-refractivity contribution < 1.29 is 19.4 Å². The number of ether oxygens (including phenoxy) is 1. The lowest BCUT2D eigenvalue weighted by molar-refractivity contribution is -0.141. The first kappa shape index (κ1) is 30.4. The van der Waals surface area contributed by atoms with Gasteiger partial charge in [0.25, 0.3) is 0 Å². The summed E-state index contributed by atoms with van der Waals surface area (Å²) in [5, 5.41) is 19.3. The molecule has 0 bridgehead atoms. The van der Waals surface area contributed by atoms with E-state index in [9.17, 15) is 14.7 Å². The Kier molecular flexibility index (Phi) is 10.5. The number of alkyl carbamates (subject to hydrolysis) is 1. The van der Waals surface area contributed by atoms with E-state index in [1.807, 2.05) is 36.2 Å². The third-order valence-corrected chi connectivity index (χ3v) is 9.19. The van der Waals surface area contributed by atoms with Crippen LogP contribution in [-0.2, 0) is 21.6 Å². The van der Waals surface area contributed by atoms with Crippen LogP contribution in [0.1, 0.15) is 67.2 Å². The number of hydrogen-bond acceptors (Lipinski definition) is 5. The number of hydrogen-bond donors (Lipinski definition) is 3. The zero-order valence-corrected chi connectivity index (χ0v) is 24.8. The summed E-state index contributed by atoms with van der Waals surface area (Å²) in [5.74, 6) is 0.0967. The van der Waals surface area contributed by atoms with Gasteiger partial charge in [0.1, 0.15) is 0 Å². The maximum atomic E-state index is 13.6. The van der Waals surface area contributed by atoms with Crippen molar-refractivity contribution in [2.24, 2.45) is 11.8 Å². The van der Waals surface area contributed by atoms with Crippen LogP contribution in [-0.4, -0.2) is 61.8 Å². The van der Waals surface area contributed by atoms with E-state index in [1.54, 1.807) is 0 Å². The van der Waals surface area contributed by atoms with Crippen molar-refractivity contribution in [1.82, 2.24) is 15.5 Å². The highest BCUT2D eigenvalue weighted by atomic mass is 35.5. The van der Waals surface area contributed by atoms with Crippen molar-refractivity contribution in [2.45, 2.75) is 69.9 Å². The van der Waals surface area contributed by atoms with Crippen LogP contribution >= 0.6 is 11.6 Å². The maximum Gasteiger partial charge on any atom is 0.406 e. The lowest BCUT2D eigenvalue weighted by Gasteiger charge is -2.44. The molecule has 1 saturated heterocycles. The number of carbonyl (C=O) groups excluding carboxylic acids is 2. The van der Waals surface area contributed by atoms with Gasteiger partial charge < -0.3 is 25.4 Å². The molecule has 2 aromatic carbocycles. The fourth-order valence-electron chi connectivity index (χ4n) is 6.64. The molecule has 1 aliphatic carbocycles. The van der Waals surface area contributed by atoms with Gasteiger partial charge in [0.05, 0.1) is 12.7 Å². The molecule has 4 rings (SSSR count). The van der Waals surface area contributed by atoms with E-state index in [-0.39, 0.29) is 17.7 Å². The summed E-state index contributed by atoms with van der Waals surface area (Å²) in [4.78, 5) is 27.2. The minimum atomic E-state index is -1.22. The third-order valence-electron chi connectivity index (χ3n) is 8.84. The third kappa shape index (κ3) is 7.17. The Morgan fingerprint density at radius 1 is 1.18 bits per heavy atom. The zero-order chi connectivity index (χ0) is 28.7. The molecule has 7 nitrogen and oxygen atoms in total. The lowest BCUT2D eigenvalue weighted by Crippen LogP contribution is -2.50. The van der Waals surface area contributed by atoms with Gasteiger partial charge in [0.2, 0.25) is 5.91 Å². The standard InChI is InChI=1S/C32H44ClN3O4/c1-22-8-4-9-23(18-22)19-27-28(11-5-12-29(27)33)32(39,15-7-16-35-31(38)40-3)25-10-6-17-36(21-25)30(37)24-13-14-26(20-24)34-2/h4-5,8-9,11-12,18,24-26,34,39H,6-7,10,13-17,19-21H2,1-3H3,(H,35,38)/t24-,25-,26+,32?/m1/s1. The highest BCUT2D eigenvalue weighted by Crippen LogP contribution is 2.43. The van der Waals surface area contributed by atoms with E-state index in [2.05, 4.69) is 35.8 Å². The van der Waals surface area contributed by atoms with Crippen molar-refractivity contribution >= 4 is 23.6 Å². The molecule has 3 N–H and O–H groups in total. The maximum absolute atomic E-state index is 13.6. The summed E-state index contributed by atoms with van der Waals surface area (Å²) in [6.07, 6.45) is 5.54. The van der Waals surface area contributed by atoms with Crippen LogP contribution in [0.2, 0.25) is 5.02 Å². The molecule has 2 amide bonds. The quantitative estimate of drug-likeness (QED) is 0.343.